The number of aliphatic hydroxyl groups is 2. The molecule has 2 rings (SSSR count). The fourth-order valence-corrected chi connectivity index (χ4v) is 5.23. The maximum absolute atomic E-state index is 11.8. The fourth-order valence-electron chi connectivity index (χ4n) is 5.23. The van der Waals surface area contributed by atoms with E-state index in [1.54, 1.807) is 0 Å². The summed E-state index contributed by atoms with van der Waals surface area (Å²) in [6.45, 7) is 10.7. The Morgan fingerprint density at radius 1 is 1.39 bits per heavy atom. The minimum absolute atomic E-state index is 0.0315. The molecule has 2 saturated carbocycles. The standard InChI is InChI=1S/C20H32O3/c1-14(10-12-21)5-7-16-15(2)6-8-17-19(16,3)11-9-18(23)20(17,4)13-22/h10,13,16-18,21,23H,2,5-9,11-12H2,1,3-4H3/b14-10+/t16-,17+,18-,19+,20+/m0/s1. The second-order valence-corrected chi connectivity index (χ2v) is 8.12. The molecular formula is C20H32O3. The molecular weight excluding hydrogens is 288 g/mol. The smallest absolute Gasteiger partial charge is 0.128 e. The van der Waals surface area contributed by atoms with Crippen LogP contribution in [-0.4, -0.2) is 29.2 Å². The Morgan fingerprint density at radius 2 is 2.09 bits per heavy atom. The van der Waals surface area contributed by atoms with Crippen molar-refractivity contribution < 1.29 is 15.0 Å². The first-order valence-electron chi connectivity index (χ1n) is 8.88. The predicted molar refractivity (Wildman–Crippen MR) is 92.9 cm³/mol. The van der Waals surface area contributed by atoms with Crippen LogP contribution in [0.1, 0.15) is 59.3 Å². The van der Waals surface area contributed by atoms with Gasteiger partial charge in [0.05, 0.1) is 18.1 Å². The van der Waals surface area contributed by atoms with Crippen molar-refractivity contribution in [3.05, 3.63) is 23.8 Å². The second kappa shape index (κ2) is 6.90. The summed E-state index contributed by atoms with van der Waals surface area (Å²) in [6, 6.07) is 0. The van der Waals surface area contributed by atoms with Crippen LogP contribution in [0.5, 0.6) is 0 Å². The van der Waals surface area contributed by atoms with E-state index in [2.05, 4.69) is 20.4 Å². The van der Waals surface area contributed by atoms with Crippen molar-refractivity contribution in [3.63, 3.8) is 0 Å². The molecule has 5 atom stereocenters. The molecule has 0 aliphatic heterocycles. The van der Waals surface area contributed by atoms with Crippen LogP contribution >= 0.6 is 0 Å². The van der Waals surface area contributed by atoms with Gasteiger partial charge in [0.1, 0.15) is 6.29 Å². The van der Waals surface area contributed by atoms with Crippen molar-refractivity contribution in [2.45, 2.75) is 65.4 Å². The van der Waals surface area contributed by atoms with E-state index in [0.717, 1.165) is 38.4 Å². The Morgan fingerprint density at radius 3 is 2.70 bits per heavy atom. The number of carbonyl (C=O) groups is 1. The highest BCUT2D eigenvalue weighted by molar-refractivity contribution is 5.61. The summed E-state index contributed by atoms with van der Waals surface area (Å²) >= 11 is 0. The van der Waals surface area contributed by atoms with Crippen molar-refractivity contribution in [2.24, 2.45) is 22.7 Å². The summed E-state index contributed by atoms with van der Waals surface area (Å²) in [7, 11) is 0. The fraction of sp³-hybridized carbons (Fsp3) is 0.750. The van der Waals surface area contributed by atoms with Crippen LogP contribution in [0.25, 0.3) is 0 Å². The molecule has 130 valence electrons. The van der Waals surface area contributed by atoms with Gasteiger partial charge in [-0.3, -0.25) is 0 Å². The maximum atomic E-state index is 11.8. The highest BCUT2D eigenvalue weighted by Gasteiger charge is 2.57. The molecule has 0 unspecified atom stereocenters. The molecule has 3 nitrogen and oxygen atoms in total. The minimum Gasteiger partial charge on any atom is -0.392 e. The van der Waals surface area contributed by atoms with E-state index < -0.39 is 11.5 Å². The summed E-state index contributed by atoms with van der Waals surface area (Å²) < 4.78 is 0. The van der Waals surface area contributed by atoms with Crippen LogP contribution in [0.15, 0.2) is 23.8 Å². The van der Waals surface area contributed by atoms with E-state index in [9.17, 15) is 9.90 Å². The van der Waals surface area contributed by atoms with Gasteiger partial charge in [0.2, 0.25) is 0 Å². The van der Waals surface area contributed by atoms with E-state index in [1.165, 1.54) is 11.1 Å². The van der Waals surface area contributed by atoms with Gasteiger partial charge in [-0.05, 0) is 62.7 Å². The summed E-state index contributed by atoms with van der Waals surface area (Å²) in [6.07, 6.45) is 7.85. The molecule has 0 aromatic rings. The Kier molecular flexibility index (Phi) is 5.52. The van der Waals surface area contributed by atoms with Gasteiger partial charge >= 0.3 is 0 Å². The van der Waals surface area contributed by atoms with Crippen molar-refractivity contribution in [1.82, 2.24) is 0 Å². The zero-order valence-electron chi connectivity index (χ0n) is 14.8. The molecule has 0 radical (unpaired) electrons. The third-order valence-corrected chi connectivity index (χ3v) is 6.79. The lowest BCUT2D eigenvalue weighted by molar-refractivity contribution is -0.152. The first-order chi connectivity index (χ1) is 10.8. The van der Waals surface area contributed by atoms with Gasteiger partial charge in [0.25, 0.3) is 0 Å². The summed E-state index contributed by atoms with van der Waals surface area (Å²) in [5, 5.41) is 19.5. The quantitative estimate of drug-likeness (QED) is 0.600. The van der Waals surface area contributed by atoms with Gasteiger partial charge in [-0.1, -0.05) is 37.6 Å². The lowest BCUT2D eigenvalue weighted by Crippen LogP contribution is -2.56. The molecule has 23 heavy (non-hydrogen) atoms. The molecule has 2 N–H and O–H groups in total. The normalized spacial score (nSPS) is 41.5. The summed E-state index contributed by atoms with van der Waals surface area (Å²) in [4.78, 5) is 11.8. The number of aldehydes is 1. The van der Waals surface area contributed by atoms with Crippen LogP contribution in [0, 0.1) is 22.7 Å². The third kappa shape index (κ3) is 3.18. The molecule has 0 bridgehead atoms. The monoisotopic (exact) mass is 320 g/mol. The number of allylic oxidation sites excluding steroid dienone is 2. The first kappa shape index (κ1) is 18.4. The Balaban J connectivity index is 2.26. The predicted octanol–water partition coefficient (Wildman–Crippen LogP) is 3.65. The number of rotatable bonds is 5. The van der Waals surface area contributed by atoms with Gasteiger partial charge in [-0.2, -0.15) is 0 Å². The molecule has 3 heteroatoms. The maximum Gasteiger partial charge on any atom is 0.128 e. The van der Waals surface area contributed by atoms with Gasteiger partial charge in [0.15, 0.2) is 0 Å². The van der Waals surface area contributed by atoms with Gasteiger partial charge in [0, 0.05) is 0 Å². The Hall–Kier alpha value is -0.930. The number of fused-ring (bicyclic) bond motifs is 1. The highest BCUT2D eigenvalue weighted by atomic mass is 16.3. The van der Waals surface area contributed by atoms with Gasteiger partial charge < -0.3 is 15.0 Å². The van der Waals surface area contributed by atoms with E-state index in [-0.39, 0.29) is 17.9 Å². The van der Waals surface area contributed by atoms with E-state index in [4.69, 9.17) is 5.11 Å². The molecule has 0 aromatic heterocycles. The first-order valence-corrected chi connectivity index (χ1v) is 8.88. The second-order valence-electron chi connectivity index (χ2n) is 8.12. The van der Waals surface area contributed by atoms with Crippen LogP contribution in [-0.2, 0) is 4.79 Å². The Labute approximate surface area is 140 Å². The Bertz CT molecular complexity index is 495. The van der Waals surface area contributed by atoms with E-state index in [1.807, 2.05) is 13.0 Å². The lowest BCUT2D eigenvalue weighted by atomic mass is 9.46. The van der Waals surface area contributed by atoms with Crippen LogP contribution < -0.4 is 0 Å². The van der Waals surface area contributed by atoms with Crippen LogP contribution in [0.4, 0.5) is 0 Å². The van der Waals surface area contributed by atoms with E-state index in [0.29, 0.717) is 12.3 Å². The van der Waals surface area contributed by atoms with Gasteiger partial charge in [-0.15, -0.1) is 0 Å². The zero-order valence-corrected chi connectivity index (χ0v) is 14.8. The molecule has 0 spiro atoms. The van der Waals surface area contributed by atoms with Crippen molar-refractivity contribution in [3.8, 4) is 0 Å². The van der Waals surface area contributed by atoms with E-state index >= 15 is 0 Å². The number of hydrogen-bond acceptors (Lipinski definition) is 3. The van der Waals surface area contributed by atoms with Gasteiger partial charge in [-0.25, -0.2) is 0 Å². The third-order valence-electron chi connectivity index (χ3n) is 6.79. The molecule has 0 aromatic carbocycles. The van der Waals surface area contributed by atoms with Crippen molar-refractivity contribution in [2.75, 3.05) is 6.61 Å². The molecule has 0 saturated heterocycles. The van der Waals surface area contributed by atoms with Crippen LogP contribution in [0.3, 0.4) is 0 Å². The number of hydrogen-bond donors (Lipinski definition) is 2. The lowest BCUT2D eigenvalue weighted by Gasteiger charge is -2.58. The SMILES string of the molecule is C=C1CC[C@H]2[C@@](C)(C=O)[C@@H](O)CC[C@]2(C)[C@H]1CC/C(C)=C/CO. The molecule has 2 aliphatic carbocycles. The summed E-state index contributed by atoms with van der Waals surface area (Å²) in [5.41, 5.74) is 1.90. The largest absolute Gasteiger partial charge is 0.392 e. The van der Waals surface area contributed by atoms with Crippen LogP contribution in [0.2, 0.25) is 0 Å². The average Bonchev–Trinajstić information content (AvgIpc) is 2.51. The molecule has 0 amide bonds. The van der Waals surface area contributed by atoms with Crippen molar-refractivity contribution in [1.29, 1.82) is 0 Å². The summed E-state index contributed by atoms with van der Waals surface area (Å²) in [5.74, 6) is 0.601. The average molecular weight is 320 g/mol. The topological polar surface area (TPSA) is 57.5 Å². The molecule has 2 aliphatic rings. The number of aliphatic hydroxyl groups excluding tert-OH is 2. The zero-order chi connectivity index (χ0) is 17.3. The highest BCUT2D eigenvalue weighted by Crippen LogP contribution is 2.61. The molecule has 2 fully saturated rings. The minimum atomic E-state index is -0.637. The number of carbonyl (C=O) groups excluding carboxylic acids is 1. The molecule has 0 heterocycles. The van der Waals surface area contributed by atoms with Crippen molar-refractivity contribution >= 4 is 6.29 Å².